The monoisotopic (exact) mass is 626 g/mol. The maximum Gasteiger partial charge on any atom is 0.0567 e. The lowest BCUT2D eigenvalue weighted by Crippen LogP contribution is -2.16. The van der Waals surface area contributed by atoms with Crippen LogP contribution in [0.3, 0.4) is 0 Å². The summed E-state index contributed by atoms with van der Waals surface area (Å²) in [6.45, 7) is 13.8. The Labute approximate surface area is 203 Å². The molecule has 0 bridgehead atoms. The minimum absolute atomic E-state index is 0.104. The largest absolute Gasteiger partial charge is 0.0619 e. The second kappa shape index (κ2) is 8.96. The van der Waals surface area contributed by atoms with E-state index in [2.05, 4.69) is 152 Å². The van der Waals surface area contributed by atoms with Gasteiger partial charge in [-0.25, -0.2) is 0 Å². The van der Waals surface area contributed by atoms with Crippen molar-refractivity contribution in [3.63, 3.8) is 0 Å². The lowest BCUT2D eigenvalue weighted by atomic mass is 9.80. The first-order valence-corrected chi connectivity index (χ1v) is 16.9. The predicted octanol–water partition coefficient (Wildman–Crippen LogP) is 9.42. The van der Waals surface area contributed by atoms with E-state index in [1.54, 1.807) is 0 Å². The summed E-state index contributed by atoms with van der Waals surface area (Å²) in [6.07, 6.45) is 0. The lowest BCUT2D eigenvalue weighted by Gasteiger charge is -2.27. The highest BCUT2D eigenvalue weighted by molar-refractivity contribution is 14.3. The van der Waals surface area contributed by atoms with Crippen LogP contribution in [0.25, 0.3) is 22.3 Å². The fraction of sp³-hybridized carbons (Fsp3) is 0.308. The van der Waals surface area contributed by atoms with E-state index in [-0.39, 0.29) is 14.0 Å². The molecule has 0 aromatic heterocycles. The average Bonchev–Trinajstić information content (AvgIpc) is 2.66. The van der Waals surface area contributed by atoms with Crippen LogP contribution in [-0.4, -0.2) is 0 Å². The van der Waals surface area contributed by atoms with E-state index in [0.717, 1.165) is 0 Å². The van der Waals surface area contributed by atoms with Gasteiger partial charge in [0.1, 0.15) is 0 Å². The Hall–Kier alpha value is -0.450. The number of halogens is 2. The second-order valence-electron chi connectivity index (χ2n) is 9.53. The zero-order chi connectivity index (χ0) is 21.4. The Morgan fingerprint density at radius 2 is 0.862 bits per heavy atom. The van der Waals surface area contributed by atoms with Crippen molar-refractivity contribution in [2.24, 2.45) is 0 Å². The molecule has 0 nitrogen and oxygen atoms in total. The number of rotatable bonds is 3. The molecule has 152 valence electrons. The molecule has 0 saturated carbocycles. The van der Waals surface area contributed by atoms with Gasteiger partial charge in [0.05, 0.1) is 3.21 Å². The molecule has 3 rings (SSSR count). The molecule has 3 heteroatoms. The summed E-state index contributed by atoms with van der Waals surface area (Å²) in [7, 11) is 0. The zero-order valence-electron chi connectivity index (χ0n) is 18.1. The van der Waals surface area contributed by atoms with E-state index in [1.807, 2.05) is 0 Å². The van der Waals surface area contributed by atoms with Crippen molar-refractivity contribution < 1.29 is 0 Å². The van der Waals surface area contributed by atoms with E-state index < -0.39 is 0 Å². The highest BCUT2D eigenvalue weighted by atomic mass is 127. The van der Waals surface area contributed by atoms with Crippen LogP contribution < -0.4 is 5.30 Å². The normalized spacial score (nSPS) is 12.4. The highest BCUT2D eigenvalue weighted by Crippen LogP contribution is 2.56. The van der Waals surface area contributed by atoms with Gasteiger partial charge in [0, 0.05) is 5.30 Å². The third-order valence-corrected chi connectivity index (χ3v) is 8.97. The number of hydrogen-bond acceptors (Lipinski definition) is 0. The molecule has 0 unspecified atom stereocenters. The molecular formula is C26H29I2P. The maximum absolute atomic E-state index is 2.63. The van der Waals surface area contributed by atoms with Crippen LogP contribution in [0.4, 0.5) is 0 Å². The van der Waals surface area contributed by atoms with Crippen LogP contribution in [-0.2, 0) is 10.8 Å². The predicted molar refractivity (Wildman–Crippen MR) is 149 cm³/mol. The Kier molecular flexibility index (Phi) is 7.18. The third kappa shape index (κ3) is 5.07. The summed E-state index contributed by atoms with van der Waals surface area (Å²) in [6, 6.07) is 24.7. The number of benzene rings is 3. The van der Waals surface area contributed by atoms with Gasteiger partial charge in [-0.1, -0.05) is 108 Å². The van der Waals surface area contributed by atoms with E-state index in [9.17, 15) is 0 Å². The lowest BCUT2D eigenvalue weighted by molar-refractivity contribution is 0.592. The molecule has 0 aliphatic heterocycles. The Bertz CT molecular complexity index is 932. The van der Waals surface area contributed by atoms with Crippen molar-refractivity contribution in [1.29, 1.82) is 0 Å². The number of hydrogen-bond donors (Lipinski definition) is 0. The summed E-state index contributed by atoms with van der Waals surface area (Å²) in [5.74, 6) is 0. The average molecular weight is 626 g/mol. The molecule has 3 aromatic carbocycles. The zero-order valence-corrected chi connectivity index (χ0v) is 23.3. The topological polar surface area (TPSA) is 0 Å². The van der Waals surface area contributed by atoms with Gasteiger partial charge in [0.25, 0.3) is 0 Å². The molecule has 0 heterocycles. The minimum Gasteiger partial charge on any atom is -0.0619 e. The summed E-state index contributed by atoms with van der Waals surface area (Å²) in [5.41, 5.74) is 8.52. The molecule has 0 saturated heterocycles. The van der Waals surface area contributed by atoms with Gasteiger partial charge >= 0.3 is 0 Å². The first kappa shape index (κ1) is 23.2. The summed E-state index contributed by atoms with van der Waals surface area (Å²) in [4.78, 5) is 0. The molecule has 0 aliphatic rings. The van der Waals surface area contributed by atoms with Crippen molar-refractivity contribution in [3.05, 3.63) is 77.9 Å². The van der Waals surface area contributed by atoms with Crippen LogP contribution in [0.1, 0.15) is 52.7 Å². The third-order valence-electron chi connectivity index (χ3n) is 5.26. The van der Waals surface area contributed by atoms with E-state index in [0.29, 0.717) is 0 Å². The van der Waals surface area contributed by atoms with E-state index in [1.165, 1.54) is 38.7 Å². The first-order chi connectivity index (χ1) is 13.5. The molecule has 0 aliphatic carbocycles. The van der Waals surface area contributed by atoms with Crippen molar-refractivity contribution in [2.45, 2.75) is 52.4 Å². The molecule has 0 atom stereocenters. The van der Waals surface area contributed by atoms with Crippen LogP contribution in [0.5, 0.6) is 0 Å². The fourth-order valence-electron chi connectivity index (χ4n) is 3.90. The molecule has 0 spiro atoms. The van der Waals surface area contributed by atoms with Crippen LogP contribution in [0.2, 0.25) is 0 Å². The smallest absolute Gasteiger partial charge is 0.0567 e. The van der Waals surface area contributed by atoms with Gasteiger partial charge in [-0.15, -0.1) is 0 Å². The van der Waals surface area contributed by atoms with Gasteiger partial charge in [-0.3, -0.25) is 0 Å². The molecule has 3 aromatic rings. The SMILES string of the molecule is CC(C)(C)c1ccccc1-c1cccc(-c2ccccc2C(C)(C)C)c1P(I)I. The Balaban J connectivity index is 2.35. The van der Waals surface area contributed by atoms with Crippen LogP contribution in [0.15, 0.2) is 66.7 Å². The molecule has 0 fully saturated rings. The van der Waals surface area contributed by atoms with Crippen LogP contribution in [0, 0.1) is 0 Å². The first-order valence-electron chi connectivity index (χ1n) is 9.96. The standard InChI is InChI=1S/C26H29I2P/c1-25(2,3)22-16-9-7-12-18(22)20-14-11-15-21(24(20)29(27)28)19-13-8-10-17-23(19)26(4,5)6/h7-17H,1-6H3. The van der Waals surface area contributed by atoms with Gasteiger partial charge in [0.2, 0.25) is 0 Å². The second-order valence-corrected chi connectivity index (χ2v) is 21.8. The van der Waals surface area contributed by atoms with E-state index >= 15 is 0 Å². The van der Waals surface area contributed by atoms with Gasteiger partial charge in [0.15, 0.2) is 0 Å². The molecular weight excluding hydrogens is 597 g/mol. The highest BCUT2D eigenvalue weighted by Gasteiger charge is 2.25. The summed E-state index contributed by atoms with van der Waals surface area (Å²) in [5, 5.41) is 1.48. The quantitative estimate of drug-likeness (QED) is 0.201. The molecule has 0 N–H and O–H groups in total. The van der Waals surface area contributed by atoms with Crippen molar-refractivity contribution in [3.8, 4) is 22.3 Å². The minimum atomic E-state index is -0.341. The van der Waals surface area contributed by atoms with Gasteiger partial charge in [-0.05, 0) is 88.3 Å². The fourth-order valence-corrected chi connectivity index (χ4v) is 7.78. The van der Waals surface area contributed by atoms with Gasteiger partial charge in [-0.2, -0.15) is 0 Å². The maximum atomic E-state index is 2.63. The van der Waals surface area contributed by atoms with Gasteiger partial charge < -0.3 is 0 Å². The summed E-state index contributed by atoms with van der Waals surface area (Å²) < 4.78 is -0.341. The van der Waals surface area contributed by atoms with Crippen LogP contribution >= 0.6 is 47.3 Å². The molecule has 29 heavy (non-hydrogen) atoms. The Morgan fingerprint density at radius 1 is 0.517 bits per heavy atom. The van der Waals surface area contributed by atoms with Crippen molar-refractivity contribution in [2.75, 3.05) is 0 Å². The van der Waals surface area contributed by atoms with Crippen molar-refractivity contribution >= 4 is 52.6 Å². The molecule has 0 amide bonds. The van der Waals surface area contributed by atoms with E-state index in [4.69, 9.17) is 0 Å². The molecule has 0 radical (unpaired) electrons. The summed E-state index contributed by atoms with van der Waals surface area (Å²) >= 11 is 5.26. The van der Waals surface area contributed by atoms with Crippen molar-refractivity contribution in [1.82, 2.24) is 0 Å². The Morgan fingerprint density at radius 3 is 1.21 bits per heavy atom.